The van der Waals surface area contributed by atoms with Crippen molar-refractivity contribution in [3.63, 3.8) is 0 Å². The first-order valence-electron chi connectivity index (χ1n) is 8.02. The Labute approximate surface area is 128 Å². The van der Waals surface area contributed by atoms with Crippen molar-refractivity contribution in [3.05, 3.63) is 34.9 Å². The zero-order valence-corrected chi connectivity index (χ0v) is 13.9. The zero-order valence-electron chi connectivity index (χ0n) is 13.9. The van der Waals surface area contributed by atoms with Crippen molar-refractivity contribution in [2.24, 2.45) is 5.92 Å². The molecule has 2 unspecified atom stereocenters. The van der Waals surface area contributed by atoms with Gasteiger partial charge in [0.05, 0.1) is 6.54 Å². The van der Waals surface area contributed by atoms with Gasteiger partial charge in [-0.25, -0.2) is 0 Å². The maximum atomic E-state index is 12.3. The minimum atomic E-state index is 0.0274. The van der Waals surface area contributed by atoms with Crippen molar-refractivity contribution in [1.29, 1.82) is 0 Å². The Morgan fingerprint density at radius 2 is 1.95 bits per heavy atom. The fourth-order valence-corrected chi connectivity index (χ4v) is 3.05. The molecule has 1 N–H and O–H groups in total. The van der Waals surface area contributed by atoms with E-state index in [9.17, 15) is 4.79 Å². The summed E-state index contributed by atoms with van der Waals surface area (Å²) in [6.45, 7) is 11.3. The number of amides is 1. The molecule has 1 aliphatic rings. The highest BCUT2D eigenvalue weighted by Gasteiger charge is 2.35. The van der Waals surface area contributed by atoms with Gasteiger partial charge in [-0.1, -0.05) is 37.6 Å². The van der Waals surface area contributed by atoms with Crippen molar-refractivity contribution in [3.8, 4) is 0 Å². The Morgan fingerprint density at radius 3 is 2.62 bits per heavy atom. The number of nitrogens with one attached hydrogen (secondary N) is 1. The molecule has 21 heavy (non-hydrogen) atoms. The summed E-state index contributed by atoms with van der Waals surface area (Å²) in [6, 6.07) is 6.75. The molecule has 1 aromatic carbocycles. The van der Waals surface area contributed by atoms with Crippen LogP contribution in [0.3, 0.4) is 0 Å². The predicted molar refractivity (Wildman–Crippen MR) is 87.0 cm³/mol. The van der Waals surface area contributed by atoms with E-state index in [0.29, 0.717) is 12.5 Å². The van der Waals surface area contributed by atoms with Gasteiger partial charge in [-0.3, -0.25) is 10.1 Å². The molecule has 0 aromatic heterocycles. The summed E-state index contributed by atoms with van der Waals surface area (Å²) in [6.07, 6.45) is 2.25. The molecule has 0 bridgehead atoms. The first kappa shape index (κ1) is 16.0. The Kier molecular flexibility index (Phi) is 5.04. The molecule has 1 aromatic rings. The second-order valence-electron chi connectivity index (χ2n) is 6.76. The lowest BCUT2D eigenvalue weighted by Crippen LogP contribution is -2.38. The number of carbonyl (C=O) groups excluding carboxylic acids is 1. The van der Waals surface area contributed by atoms with Crippen LogP contribution in [0.4, 0.5) is 0 Å². The first-order chi connectivity index (χ1) is 9.90. The van der Waals surface area contributed by atoms with Crippen LogP contribution < -0.4 is 5.32 Å². The highest BCUT2D eigenvalue weighted by molar-refractivity contribution is 5.81. The van der Waals surface area contributed by atoms with Crippen molar-refractivity contribution >= 4 is 5.91 Å². The van der Waals surface area contributed by atoms with Crippen molar-refractivity contribution < 1.29 is 4.79 Å². The Hall–Kier alpha value is -1.35. The summed E-state index contributed by atoms with van der Waals surface area (Å²) in [7, 11) is 0. The topological polar surface area (TPSA) is 32.3 Å². The summed E-state index contributed by atoms with van der Waals surface area (Å²) in [4.78, 5) is 14.3. The van der Waals surface area contributed by atoms with Crippen molar-refractivity contribution in [2.45, 2.75) is 59.7 Å². The summed E-state index contributed by atoms with van der Waals surface area (Å²) in [5.74, 6) is 0.898. The van der Waals surface area contributed by atoms with Crippen LogP contribution in [0.1, 0.15) is 56.5 Å². The molecule has 116 valence electrons. The van der Waals surface area contributed by atoms with Crippen LogP contribution in [-0.2, 0) is 4.79 Å². The third-order valence-corrected chi connectivity index (χ3v) is 4.38. The third-order valence-electron chi connectivity index (χ3n) is 4.38. The van der Waals surface area contributed by atoms with Gasteiger partial charge in [0, 0.05) is 6.04 Å². The van der Waals surface area contributed by atoms with E-state index in [1.165, 1.54) is 16.7 Å². The van der Waals surface area contributed by atoms with E-state index in [1.807, 2.05) is 4.90 Å². The van der Waals surface area contributed by atoms with Gasteiger partial charge in [-0.05, 0) is 50.7 Å². The standard InChI is InChI=1S/C18H28N2O/c1-12(2)6-9-15(5)20-17(21)11-19-18(20)16-10-13(3)7-8-14(16)4/h7-8,10,12,15,18-19H,6,9,11H2,1-5H3. The number of rotatable bonds is 5. The third kappa shape index (κ3) is 3.65. The molecule has 0 spiro atoms. The quantitative estimate of drug-likeness (QED) is 0.898. The molecule has 0 saturated carbocycles. The SMILES string of the molecule is Cc1ccc(C)c(C2NCC(=O)N2C(C)CCC(C)C)c1. The van der Waals surface area contributed by atoms with E-state index < -0.39 is 0 Å². The van der Waals surface area contributed by atoms with Crippen LogP contribution in [0.15, 0.2) is 18.2 Å². The van der Waals surface area contributed by atoms with Gasteiger partial charge in [0.1, 0.15) is 6.17 Å². The molecule has 0 aliphatic carbocycles. The van der Waals surface area contributed by atoms with E-state index in [0.717, 1.165) is 12.8 Å². The highest BCUT2D eigenvalue weighted by Crippen LogP contribution is 2.29. The van der Waals surface area contributed by atoms with Gasteiger partial charge in [0.15, 0.2) is 0 Å². The number of hydrogen-bond donors (Lipinski definition) is 1. The first-order valence-corrected chi connectivity index (χ1v) is 8.02. The fourth-order valence-electron chi connectivity index (χ4n) is 3.05. The molecule has 1 aliphatic heterocycles. The molecule has 3 nitrogen and oxygen atoms in total. The molecule has 1 fully saturated rings. The van der Waals surface area contributed by atoms with Gasteiger partial charge >= 0.3 is 0 Å². The number of nitrogens with zero attached hydrogens (tertiary/aromatic N) is 1. The maximum Gasteiger partial charge on any atom is 0.238 e. The lowest BCUT2D eigenvalue weighted by Gasteiger charge is -2.32. The lowest BCUT2D eigenvalue weighted by atomic mass is 10.00. The maximum absolute atomic E-state index is 12.3. The Balaban J connectivity index is 2.21. The lowest BCUT2D eigenvalue weighted by molar-refractivity contribution is -0.130. The van der Waals surface area contributed by atoms with Gasteiger partial charge in [0.25, 0.3) is 0 Å². The average molecular weight is 288 g/mol. The molecule has 0 radical (unpaired) electrons. The fraction of sp³-hybridized carbons (Fsp3) is 0.611. The average Bonchev–Trinajstić information content (AvgIpc) is 2.80. The smallest absolute Gasteiger partial charge is 0.238 e. The van der Waals surface area contributed by atoms with Crippen LogP contribution in [0.25, 0.3) is 0 Å². The van der Waals surface area contributed by atoms with E-state index in [4.69, 9.17) is 0 Å². The van der Waals surface area contributed by atoms with Crippen LogP contribution in [0.5, 0.6) is 0 Å². The second kappa shape index (κ2) is 6.61. The minimum Gasteiger partial charge on any atom is -0.319 e. The molecule has 1 heterocycles. The largest absolute Gasteiger partial charge is 0.319 e. The van der Waals surface area contributed by atoms with E-state index >= 15 is 0 Å². The number of aryl methyl sites for hydroxylation is 2. The monoisotopic (exact) mass is 288 g/mol. The van der Waals surface area contributed by atoms with Gasteiger partial charge in [-0.15, -0.1) is 0 Å². The molecule has 2 atom stereocenters. The molecule has 1 amide bonds. The summed E-state index contributed by atoms with van der Waals surface area (Å²) in [5.41, 5.74) is 3.72. The summed E-state index contributed by atoms with van der Waals surface area (Å²) < 4.78 is 0. The Morgan fingerprint density at radius 1 is 1.24 bits per heavy atom. The number of carbonyl (C=O) groups is 1. The molecular weight excluding hydrogens is 260 g/mol. The molecular formula is C18H28N2O. The van der Waals surface area contributed by atoms with Crippen LogP contribution >= 0.6 is 0 Å². The van der Waals surface area contributed by atoms with Gasteiger partial charge in [0.2, 0.25) is 5.91 Å². The minimum absolute atomic E-state index is 0.0274. The molecule has 2 rings (SSSR count). The normalized spacial score (nSPS) is 20.4. The number of hydrogen-bond acceptors (Lipinski definition) is 2. The van der Waals surface area contributed by atoms with Crippen LogP contribution in [-0.4, -0.2) is 23.4 Å². The van der Waals surface area contributed by atoms with E-state index in [2.05, 4.69) is 58.1 Å². The molecule has 1 saturated heterocycles. The molecule has 3 heteroatoms. The zero-order chi connectivity index (χ0) is 15.6. The van der Waals surface area contributed by atoms with E-state index in [1.54, 1.807) is 0 Å². The summed E-state index contributed by atoms with van der Waals surface area (Å²) in [5, 5.41) is 3.39. The highest BCUT2D eigenvalue weighted by atomic mass is 16.2. The number of benzene rings is 1. The Bertz CT molecular complexity index is 510. The van der Waals surface area contributed by atoms with Crippen LogP contribution in [0.2, 0.25) is 0 Å². The van der Waals surface area contributed by atoms with Gasteiger partial charge < -0.3 is 4.90 Å². The van der Waals surface area contributed by atoms with E-state index in [-0.39, 0.29) is 18.1 Å². The summed E-state index contributed by atoms with van der Waals surface area (Å²) >= 11 is 0. The van der Waals surface area contributed by atoms with Crippen molar-refractivity contribution in [1.82, 2.24) is 10.2 Å². The van der Waals surface area contributed by atoms with Crippen molar-refractivity contribution in [2.75, 3.05) is 6.54 Å². The van der Waals surface area contributed by atoms with Crippen LogP contribution in [0, 0.1) is 19.8 Å². The second-order valence-corrected chi connectivity index (χ2v) is 6.76. The van der Waals surface area contributed by atoms with Gasteiger partial charge in [-0.2, -0.15) is 0 Å². The predicted octanol–water partition coefficient (Wildman–Crippen LogP) is 3.56.